The smallest absolute Gasteiger partial charge is 0.146 e. The molecule has 0 radical (unpaired) electrons. The summed E-state index contributed by atoms with van der Waals surface area (Å²) in [5, 5.41) is 19.1. The average Bonchev–Trinajstić information content (AvgIpc) is 3.01. The fourth-order valence-corrected chi connectivity index (χ4v) is 3.84. The molecule has 0 aliphatic heterocycles. The van der Waals surface area contributed by atoms with Gasteiger partial charge < -0.3 is 19.7 Å². The summed E-state index contributed by atoms with van der Waals surface area (Å²) < 4.78 is 10.1. The second-order valence-corrected chi connectivity index (χ2v) is 6.48. The van der Waals surface area contributed by atoms with E-state index in [1.807, 2.05) is 6.08 Å². The van der Waals surface area contributed by atoms with E-state index in [9.17, 15) is 5.11 Å². The first-order valence-corrected chi connectivity index (χ1v) is 8.48. The molecule has 4 heteroatoms. The lowest BCUT2D eigenvalue weighted by Gasteiger charge is -2.18. The zero-order valence-corrected chi connectivity index (χ0v) is 13.6. The van der Waals surface area contributed by atoms with Crippen LogP contribution >= 0.6 is 0 Å². The molecule has 0 saturated heterocycles. The molecule has 0 heterocycles. The largest absolute Gasteiger partial charge is 0.396 e. The van der Waals surface area contributed by atoms with Crippen LogP contribution in [0.1, 0.15) is 38.5 Å². The molecule has 1 fully saturated rings. The molecule has 0 bridgehead atoms. The van der Waals surface area contributed by atoms with Crippen LogP contribution in [0.25, 0.3) is 0 Å². The maximum absolute atomic E-state index is 10.3. The SMILES string of the molecule is COCOC/C=C/[C@@H]1[C@H]2CC(CCCCCO)=C[C@H]2C[C@H]1O. The van der Waals surface area contributed by atoms with E-state index in [2.05, 4.69) is 12.2 Å². The number of unbranched alkanes of at least 4 members (excludes halogenated alkanes) is 2. The molecule has 2 aliphatic rings. The topological polar surface area (TPSA) is 58.9 Å². The molecule has 126 valence electrons. The summed E-state index contributed by atoms with van der Waals surface area (Å²) in [6.45, 7) is 1.15. The van der Waals surface area contributed by atoms with Crippen LogP contribution in [0.3, 0.4) is 0 Å². The van der Waals surface area contributed by atoms with E-state index in [0.29, 0.717) is 31.8 Å². The number of hydrogen-bond acceptors (Lipinski definition) is 4. The van der Waals surface area contributed by atoms with Crippen LogP contribution < -0.4 is 0 Å². The Morgan fingerprint density at radius 3 is 2.95 bits per heavy atom. The number of aliphatic hydroxyl groups is 2. The Labute approximate surface area is 133 Å². The van der Waals surface area contributed by atoms with Crippen molar-refractivity contribution in [3.05, 3.63) is 23.8 Å². The van der Waals surface area contributed by atoms with Crippen molar-refractivity contribution in [2.75, 3.05) is 27.1 Å². The Bertz CT molecular complexity index is 377. The van der Waals surface area contributed by atoms with Gasteiger partial charge in [-0.15, -0.1) is 0 Å². The molecular weight excluding hydrogens is 280 g/mol. The van der Waals surface area contributed by atoms with Crippen molar-refractivity contribution in [3.8, 4) is 0 Å². The maximum atomic E-state index is 10.3. The van der Waals surface area contributed by atoms with E-state index in [-0.39, 0.29) is 12.0 Å². The molecule has 0 aromatic heterocycles. The number of hydrogen-bond donors (Lipinski definition) is 2. The van der Waals surface area contributed by atoms with Crippen molar-refractivity contribution in [2.45, 2.75) is 44.6 Å². The van der Waals surface area contributed by atoms with Gasteiger partial charge in [-0.1, -0.05) is 30.2 Å². The number of allylic oxidation sites excluding steroid dienone is 2. The van der Waals surface area contributed by atoms with Crippen molar-refractivity contribution in [1.82, 2.24) is 0 Å². The van der Waals surface area contributed by atoms with Gasteiger partial charge in [-0.25, -0.2) is 0 Å². The monoisotopic (exact) mass is 310 g/mol. The molecule has 2 aliphatic carbocycles. The minimum absolute atomic E-state index is 0.221. The van der Waals surface area contributed by atoms with Crippen molar-refractivity contribution >= 4 is 0 Å². The summed E-state index contributed by atoms with van der Waals surface area (Å²) in [4.78, 5) is 0. The summed E-state index contributed by atoms with van der Waals surface area (Å²) in [6.07, 6.45) is 12.7. The van der Waals surface area contributed by atoms with Gasteiger partial charge in [0.2, 0.25) is 0 Å². The molecule has 4 atom stereocenters. The zero-order chi connectivity index (χ0) is 15.8. The standard InChI is InChI=1S/C18H30O4/c1-21-13-22-9-5-7-16-17-11-14(6-3-2-4-8-19)10-15(17)12-18(16)20/h5,7,10,15-20H,2-4,6,8-9,11-13H2,1H3/b7-5+/t15-,16+,17-,18+/m0/s1. The van der Waals surface area contributed by atoms with Crippen LogP contribution in [0.15, 0.2) is 23.8 Å². The molecular formula is C18H30O4. The number of methoxy groups -OCH3 is 1. The minimum atomic E-state index is -0.221. The summed E-state index contributed by atoms with van der Waals surface area (Å²) in [5.74, 6) is 1.35. The van der Waals surface area contributed by atoms with Crippen molar-refractivity contribution < 1.29 is 19.7 Å². The second-order valence-electron chi connectivity index (χ2n) is 6.48. The molecule has 0 aromatic carbocycles. The molecule has 0 aromatic rings. The fraction of sp³-hybridized carbons (Fsp3) is 0.778. The van der Waals surface area contributed by atoms with E-state index < -0.39 is 0 Å². The fourth-order valence-electron chi connectivity index (χ4n) is 3.84. The summed E-state index contributed by atoms with van der Waals surface area (Å²) in [5.41, 5.74) is 1.55. The predicted octanol–water partition coefficient (Wildman–Crippen LogP) is 2.66. The van der Waals surface area contributed by atoms with Crippen LogP contribution in [0, 0.1) is 17.8 Å². The summed E-state index contributed by atoms with van der Waals surface area (Å²) >= 11 is 0. The number of aliphatic hydroxyl groups excluding tert-OH is 2. The van der Waals surface area contributed by atoms with Gasteiger partial charge in [0.25, 0.3) is 0 Å². The third kappa shape index (κ3) is 4.92. The number of ether oxygens (including phenoxy) is 2. The molecule has 0 unspecified atom stereocenters. The van der Waals surface area contributed by atoms with Gasteiger partial charge in [-0.2, -0.15) is 0 Å². The highest BCUT2D eigenvalue weighted by Gasteiger charge is 2.42. The average molecular weight is 310 g/mol. The van der Waals surface area contributed by atoms with E-state index in [0.717, 1.165) is 32.1 Å². The van der Waals surface area contributed by atoms with Gasteiger partial charge in [-0.3, -0.25) is 0 Å². The molecule has 2 rings (SSSR count). The van der Waals surface area contributed by atoms with Crippen LogP contribution in [0.4, 0.5) is 0 Å². The normalized spacial score (nSPS) is 31.0. The van der Waals surface area contributed by atoms with Gasteiger partial charge in [-0.05, 0) is 43.9 Å². The van der Waals surface area contributed by atoms with Gasteiger partial charge in [0.1, 0.15) is 6.79 Å². The van der Waals surface area contributed by atoms with Crippen molar-refractivity contribution in [1.29, 1.82) is 0 Å². The molecule has 4 nitrogen and oxygen atoms in total. The van der Waals surface area contributed by atoms with Crippen LogP contribution in [-0.4, -0.2) is 43.4 Å². The first-order chi connectivity index (χ1) is 10.8. The predicted molar refractivity (Wildman–Crippen MR) is 86.3 cm³/mol. The van der Waals surface area contributed by atoms with E-state index >= 15 is 0 Å². The Hall–Kier alpha value is -0.680. The highest BCUT2D eigenvalue weighted by Crippen LogP contribution is 2.48. The lowest BCUT2D eigenvalue weighted by Crippen LogP contribution is -2.17. The van der Waals surface area contributed by atoms with Gasteiger partial charge >= 0.3 is 0 Å². The van der Waals surface area contributed by atoms with Crippen molar-refractivity contribution in [3.63, 3.8) is 0 Å². The lowest BCUT2D eigenvalue weighted by atomic mass is 9.89. The van der Waals surface area contributed by atoms with Gasteiger partial charge in [0.05, 0.1) is 12.7 Å². The van der Waals surface area contributed by atoms with E-state index in [1.165, 1.54) is 6.42 Å². The highest BCUT2D eigenvalue weighted by atomic mass is 16.7. The highest BCUT2D eigenvalue weighted by molar-refractivity contribution is 5.20. The Balaban J connectivity index is 1.77. The Morgan fingerprint density at radius 2 is 2.18 bits per heavy atom. The molecule has 22 heavy (non-hydrogen) atoms. The Kier molecular flexibility index (Phi) is 7.60. The quantitative estimate of drug-likeness (QED) is 0.370. The third-order valence-corrected chi connectivity index (χ3v) is 4.88. The number of fused-ring (bicyclic) bond motifs is 1. The first-order valence-electron chi connectivity index (χ1n) is 8.48. The number of rotatable bonds is 10. The van der Waals surface area contributed by atoms with Crippen LogP contribution in [-0.2, 0) is 9.47 Å². The van der Waals surface area contributed by atoms with Gasteiger partial charge in [0, 0.05) is 19.6 Å². The summed E-state index contributed by atoms with van der Waals surface area (Å²) in [7, 11) is 1.61. The maximum Gasteiger partial charge on any atom is 0.146 e. The Morgan fingerprint density at radius 1 is 1.32 bits per heavy atom. The minimum Gasteiger partial charge on any atom is -0.396 e. The van der Waals surface area contributed by atoms with E-state index in [1.54, 1.807) is 12.7 Å². The lowest BCUT2D eigenvalue weighted by molar-refractivity contribution is -0.0188. The van der Waals surface area contributed by atoms with E-state index in [4.69, 9.17) is 14.6 Å². The first kappa shape index (κ1) is 17.7. The zero-order valence-electron chi connectivity index (χ0n) is 13.6. The third-order valence-electron chi connectivity index (χ3n) is 4.88. The van der Waals surface area contributed by atoms with Crippen LogP contribution in [0.5, 0.6) is 0 Å². The van der Waals surface area contributed by atoms with Crippen LogP contribution in [0.2, 0.25) is 0 Å². The van der Waals surface area contributed by atoms with Gasteiger partial charge in [0.15, 0.2) is 0 Å². The van der Waals surface area contributed by atoms with Crippen molar-refractivity contribution in [2.24, 2.45) is 17.8 Å². The summed E-state index contributed by atoms with van der Waals surface area (Å²) in [6, 6.07) is 0. The molecule has 0 spiro atoms. The molecule has 2 N–H and O–H groups in total. The molecule has 0 amide bonds. The molecule has 1 saturated carbocycles. The second kappa shape index (κ2) is 9.46.